The maximum atomic E-state index is 12.0. The summed E-state index contributed by atoms with van der Waals surface area (Å²) >= 11 is 0. The summed E-state index contributed by atoms with van der Waals surface area (Å²) in [5.74, 6) is -1.39. The van der Waals surface area contributed by atoms with Crippen LogP contribution in [0.25, 0.3) is 0 Å². The van der Waals surface area contributed by atoms with Crippen LogP contribution in [-0.2, 0) is 4.79 Å². The zero-order valence-electron chi connectivity index (χ0n) is 11.6. The van der Waals surface area contributed by atoms with E-state index in [1.165, 1.54) is 12.4 Å². The summed E-state index contributed by atoms with van der Waals surface area (Å²) in [6.07, 6.45) is -1.13. The van der Waals surface area contributed by atoms with Crippen LogP contribution < -0.4 is 15.7 Å². The van der Waals surface area contributed by atoms with Gasteiger partial charge in [0, 0.05) is 25.3 Å². The number of aliphatic hydroxyl groups excluding tert-OH is 1. The molecule has 0 bridgehead atoms. The number of hydrogen-bond acceptors (Lipinski definition) is 5. The van der Waals surface area contributed by atoms with Gasteiger partial charge in [-0.1, -0.05) is 0 Å². The third kappa shape index (κ3) is 3.94. The summed E-state index contributed by atoms with van der Waals surface area (Å²) in [6.45, 7) is 1.34. The molecule has 2 amide bonds. The average Bonchev–Trinajstić information content (AvgIpc) is 2.43. The Labute approximate surface area is 117 Å². The molecule has 0 spiro atoms. The minimum Gasteiger partial charge on any atom is -0.391 e. The molecule has 7 nitrogen and oxygen atoms in total. The zero-order chi connectivity index (χ0) is 15.3. The Balaban J connectivity index is 2.81. The van der Waals surface area contributed by atoms with Crippen LogP contribution in [0.4, 0.5) is 5.69 Å². The number of nitrogens with zero attached hydrogens (tertiary/aromatic N) is 1. The van der Waals surface area contributed by atoms with Crippen molar-refractivity contribution in [3.8, 4) is 0 Å². The SMILES string of the molecule is CC(O)C(NC(=O)c1ccc(N(C)C)cc1)C(=O)NO. The molecule has 1 rings (SSSR count). The number of rotatable bonds is 5. The first kappa shape index (κ1) is 15.9. The van der Waals surface area contributed by atoms with Crippen molar-refractivity contribution < 1.29 is 19.9 Å². The van der Waals surface area contributed by atoms with Gasteiger partial charge < -0.3 is 15.3 Å². The van der Waals surface area contributed by atoms with Crippen LogP contribution in [0.2, 0.25) is 0 Å². The average molecular weight is 281 g/mol. The topological polar surface area (TPSA) is 102 Å². The largest absolute Gasteiger partial charge is 0.391 e. The number of amides is 2. The van der Waals surface area contributed by atoms with Gasteiger partial charge in [0.05, 0.1) is 6.10 Å². The van der Waals surface area contributed by atoms with E-state index >= 15 is 0 Å². The van der Waals surface area contributed by atoms with E-state index < -0.39 is 24.0 Å². The van der Waals surface area contributed by atoms with Gasteiger partial charge in [0.2, 0.25) is 0 Å². The van der Waals surface area contributed by atoms with Gasteiger partial charge >= 0.3 is 0 Å². The van der Waals surface area contributed by atoms with E-state index in [-0.39, 0.29) is 0 Å². The van der Waals surface area contributed by atoms with E-state index in [1.54, 1.807) is 24.3 Å². The van der Waals surface area contributed by atoms with Crippen LogP contribution in [0.1, 0.15) is 17.3 Å². The normalized spacial score (nSPS) is 13.2. The smallest absolute Gasteiger partial charge is 0.268 e. The molecule has 20 heavy (non-hydrogen) atoms. The third-order valence-corrected chi connectivity index (χ3v) is 2.81. The minimum atomic E-state index is -1.22. The van der Waals surface area contributed by atoms with Gasteiger partial charge in [-0.3, -0.25) is 14.8 Å². The lowest BCUT2D eigenvalue weighted by Gasteiger charge is -2.19. The maximum absolute atomic E-state index is 12.0. The monoisotopic (exact) mass is 281 g/mol. The second kappa shape index (κ2) is 6.88. The molecule has 0 aliphatic rings. The van der Waals surface area contributed by atoms with E-state index in [0.717, 1.165) is 5.69 Å². The number of hydrogen-bond donors (Lipinski definition) is 4. The first-order valence-electron chi connectivity index (χ1n) is 6.07. The summed E-state index contributed by atoms with van der Waals surface area (Å²) in [6, 6.07) is 5.53. The van der Waals surface area contributed by atoms with Gasteiger partial charge in [-0.2, -0.15) is 0 Å². The molecule has 0 heterocycles. The molecule has 0 aromatic heterocycles. The van der Waals surface area contributed by atoms with Crippen molar-refractivity contribution in [3.05, 3.63) is 29.8 Å². The van der Waals surface area contributed by atoms with Gasteiger partial charge in [-0.05, 0) is 31.2 Å². The van der Waals surface area contributed by atoms with Crippen LogP contribution in [0.3, 0.4) is 0 Å². The summed E-state index contributed by atoms with van der Waals surface area (Å²) in [5.41, 5.74) is 2.69. The first-order valence-corrected chi connectivity index (χ1v) is 6.07. The van der Waals surface area contributed by atoms with Gasteiger partial charge in [0.1, 0.15) is 6.04 Å². The molecule has 0 fully saturated rings. The number of nitrogens with one attached hydrogen (secondary N) is 2. The second-order valence-corrected chi connectivity index (χ2v) is 4.61. The number of aliphatic hydroxyl groups is 1. The lowest BCUT2D eigenvalue weighted by Crippen LogP contribution is -2.51. The predicted molar refractivity (Wildman–Crippen MR) is 73.6 cm³/mol. The molecule has 2 unspecified atom stereocenters. The van der Waals surface area contributed by atoms with Gasteiger partial charge in [-0.25, -0.2) is 5.48 Å². The fourth-order valence-electron chi connectivity index (χ4n) is 1.61. The van der Waals surface area contributed by atoms with Gasteiger partial charge in [0.15, 0.2) is 0 Å². The van der Waals surface area contributed by atoms with Gasteiger partial charge in [-0.15, -0.1) is 0 Å². The molecule has 1 aromatic carbocycles. The molecule has 0 radical (unpaired) electrons. The van der Waals surface area contributed by atoms with E-state index in [1.807, 2.05) is 19.0 Å². The van der Waals surface area contributed by atoms with Crippen molar-refractivity contribution in [1.82, 2.24) is 10.8 Å². The second-order valence-electron chi connectivity index (χ2n) is 4.61. The van der Waals surface area contributed by atoms with E-state index in [9.17, 15) is 14.7 Å². The van der Waals surface area contributed by atoms with E-state index in [0.29, 0.717) is 5.56 Å². The Morgan fingerprint density at radius 3 is 2.15 bits per heavy atom. The minimum absolute atomic E-state index is 0.354. The molecule has 110 valence electrons. The van der Waals surface area contributed by atoms with E-state index in [2.05, 4.69) is 5.32 Å². The first-order chi connectivity index (χ1) is 9.36. The fraction of sp³-hybridized carbons (Fsp3) is 0.385. The summed E-state index contributed by atoms with van der Waals surface area (Å²) in [4.78, 5) is 25.2. The number of carbonyl (C=O) groups excluding carboxylic acids is 2. The van der Waals surface area contributed by atoms with Crippen LogP contribution in [0.15, 0.2) is 24.3 Å². The predicted octanol–water partition coefficient (Wildman–Crippen LogP) is -0.263. The van der Waals surface area contributed by atoms with Crippen molar-refractivity contribution in [3.63, 3.8) is 0 Å². The van der Waals surface area contributed by atoms with Crippen LogP contribution in [0.5, 0.6) is 0 Å². The number of benzene rings is 1. The quantitative estimate of drug-likeness (QED) is 0.440. The molecule has 2 atom stereocenters. The third-order valence-electron chi connectivity index (χ3n) is 2.81. The van der Waals surface area contributed by atoms with Crippen molar-refractivity contribution in [1.29, 1.82) is 0 Å². The van der Waals surface area contributed by atoms with Crippen LogP contribution >= 0.6 is 0 Å². The summed E-state index contributed by atoms with van der Waals surface area (Å²) in [5, 5.41) is 20.4. The Morgan fingerprint density at radius 2 is 1.75 bits per heavy atom. The molecule has 0 aliphatic heterocycles. The van der Waals surface area contributed by atoms with Crippen LogP contribution in [-0.4, -0.2) is 48.4 Å². The van der Waals surface area contributed by atoms with Crippen molar-refractivity contribution in [2.45, 2.75) is 19.1 Å². The Bertz CT molecular complexity index is 471. The number of anilines is 1. The summed E-state index contributed by atoms with van der Waals surface area (Å²) < 4.78 is 0. The Morgan fingerprint density at radius 1 is 1.20 bits per heavy atom. The number of carbonyl (C=O) groups is 2. The highest BCUT2D eigenvalue weighted by molar-refractivity contribution is 5.97. The summed E-state index contributed by atoms with van der Waals surface area (Å²) in [7, 11) is 3.76. The number of hydroxylamine groups is 1. The van der Waals surface area contributed by atoms with Crippen molar-refractivity contribution in [2.75, 3.05) is 19.0 Å². The fourth-order valence-corrected chi connectivity index (χ4v) is 1.61. The van der Waals surface area contributed by atoms with Crippen LogP contribution in [0, 0.1) is 0 Å². The molecular formula is C13H19N3O4. The van der Waals surface area contributed by atoms with Crippen molar-refractivity contribution >= 4 is 17.5 Å². The maximum Gasteiger partial charge on any atom is 0.268 e. The highest BCUT2D eigenvalue weighted by Crippen LogP contribution is 2.12. The Hall–Kier alpha value is -2.12. The molecule has 7 heteroatoms. The van der Waals surface area contributed by atoms with Gasteiger partial charge in [0.25, 0.3) is 11.8 Å². The van der Waals surface area contributed by atoms with Crippen molar-refractivity contribution in [2.24, 2.45) is 0 Å². The molecule has 0 aliphatic carbocycles. The molecule has 0 saturated carbocycles. The van der Waals surface area contributed by atoms with E-state index in [4.69, 9.17) is 5.21 Å². The highest BCUT2D eigenvalue weighted by Gasteiger charge is 2.25. The zero-order valence-corrected chi connectivity index (χ0v) is 11.6. The molecule has 1 aromatic rings. The molecule has 0 saturated heterocycles. The molecule has 4 N–H and O–H groups in total. The lowest BCUT2D eigenvalue weighted by molar-refractivity contribution is -0.133. The standard InChI is InChI=1S/C13H19N3O4/c1-8(17)11(13(19)15-20)14-12(18)9-4-6-10(7-5-9)16(2)3/h4-8,11,17,20H,1-3H3,(H,14,18)(H,15,19). The highest BCUT2D eigenvalue weighted by atomic mass is 16.5. The Kier molecular flexibility index (Phi) is 5.48. The lowest BCUT2D eigenvalue weighted by atomic mass is 10.1. The molecular weight excluding hydrogens is 262 g/mol.